The number of amides is 2. The van der Waals surface area contributed by atoms with Crippen LogP contribution in [0.5, 0.6) is 11.5 Å². The fraction of sp³-hybridized carbons (Fsp3) is 0.316. The molecule has 0 aliphatic carbocycles. The summed E-state index contributed by atoms with van der Waals surface area (Å²) < 4.78 is 34.5. The normalized spacial score (nSPS) is 10.5. The number of methoxy groups -OCH3 is 1. The van der Waals surface area contributed by atoms with Crippen molar-refractivity contribution in [3.8, 4) is 11.5 Å². The molecule has 140 valence electrons. The molecule has 0 saturated carbocycles. The number of carbonyl (C=O) groups is 1. The zero-order valence-electron chi connectivity index (χ0n) is 14.7. The Kier molecular flexibility index (Phi) is 7.20. The van der Waals surface area contributed by atoms with Crippen LogP contribution in [0.2, 0.25) is 0 Å². The molecule has 26 heavy (non-hydrogen) atoms. The molecule has 0 aromatic heterocycles. The van der Waals surface area contributed by atoms with Crippen molar-refractivity contribution in [3.05, 3.63) is 54.1 Å². The maximum absolute atomic E-state index is 12.6. The number of benzene rings is 2. The van der Waals surface area contributed by atoms with Gasteiger partial charge in [-0.2, -0.15) is 8.78 Å². The van der Waals surface area contributed by atoms with E-state index in [-0.39, 0.29) is 17.5 Å². The van der Waals surface area contributed by atoms with Gasteiger partial charge in [0.15, 0.2) is 11.5 Å². The predicted molar refractivity (Wildman–Crippen MR) is 95.8 cm³/mol. The highest BCUT2D eigenvalue weighted by Crippen LogP contribution is 2.31. The number of hydrogen-bond acceptors (Lipinski definition) is 3. The number of carbonyl (C=O) groups excluding carboxylic acids is 1. The molecule has 0 unspecified atom stereocenters. The second kappa shape index (κ2) is 9.60. The van der Waals surface area contributed by atoms with Crippen molar-refractivity contribution in [1.82, 2.24) is 4.90 Å². The van der Waals surface area contributed by atoms with E-state index in [4.69, 9.17) is 4.74 Å². The highest BCUT2D eigenvalue weighted by molar-refractivity contribution is 5.89. The molecule has 2 aromatic carbocycles. The predicted octanol–water partition coefficient (Wildman–Crippen LogP) is 4.74. The van der Waals surface area contributed by atoms with E-state index in [9.17, 15) is 13.6 Å². The molecule has 0 aliphatic heterocycles. The number of halogens is 2. The summed E-state index contributed by atoms with van der Waals surface area (Å²) in [6.45, 7) is 0.0196. The van der Waals surface area contributed by atoms with Gasteiger partial charge in [0.1, 0.15) is 0 Å². The first kappa shape index (κ1) is 19.5. The molecule has 0 saturated heterocycles. The molecule has 0 atom stereocenters. The van der Waals surface area contributed by atoms with Gasteiger partial charge in [-0.25, -0.2) is 4.79 Å². The number of nitrogens with zero attached hydrogens (tertiary/aromatic N) is 1. The summed E-state index contributed by atoms with van der Waals surface area (Å²) in [6.07, 6.45) is 0.794. The fourth-order valence-electron chi connectivity index (χ4n) is 2.47. The molecule has 7 heteroatoms. The Hall–Kier alpha value is -2.83. The number of ether oxygens (including phenoxy) is 2. The van der Waals surface area contributed by atoms with Crippen LogP contribution in [-0.4, -0.2) is 31.2 Å². The Morgan fingerprint density at radius 2 is 1.88 bits per heavy atom. The van der Waals surface area contributed by atoms with Crippen LogP contribution < -0.4 is 14.8 Å². The Morgan fingerprint density at radius 3 is 2.50 bits per heavy atom. The Bertz CT molecular complexity index is 711. The van der Waals surface area contributed by atoms with Gasteiger partial charge >= 0.3 is 12.6 Å². The third-order valence-corrected chi connectivity index (χ3v) is 3.63. The second-order valence-corrected chi connectivity index (χ2v) is 5.58. The van der Waals surface area contributed by atoms with E-state index in [2.05, 4.69) is 10.1 Å². The van der Waals surface area contributed by atoms with Crippen LogP contribution in [0.1, 0.15) is 18.9 Å². The van der Waals surface area contributed by atoms with E-state index in [0.29, 0.717) is 18.8 Å². The first-order valence-electron chi connectivity index (χ1n) is 8.26. The third kappa shape index (κ3) is 5.61. The van der Waals surface area contributed by atoms with Crippen LogP contribution in [-0.2, 0) is 6.54 Å². The summed E-state index contributed by atoms with van der Waals surface area (Å²) >= 11 is 0. The average Bonchev–Trinajstić information content (AvgIpc) is 2.62. The van der Waals surface area contributed by atoms with Crippen LogP contribution in [0.25, 0.3) is 0 Å². The van der Waals surface area contributed by atoms with Gasteiger partial charge < -0.3 is 19.7 Å². The molecule has 2 aromatic rings. The summed E-state index contributed by atoms with van der Waals surface area (Å²) in [5.74, 6) is 0.0309. The lowest BCUT2D eigenvalue weighted by atomic mass is 10.2. The van der Waals surface area contributed by atoms with Crippen molar-refractivity contribution in [2.24, 2.45) is 0 Å². The van der Waals surface area contributed by atoms with Gasteiger partial charge in [-0.3, -0.25) is 0 Å². The summed E-state index contributed by atoms with van der Waals surface area (Å²) in [5.41, 5.74) is 1.35. The van der Waals surface area contributed by atoms with Gasteiger partial charge in [-0.15, -0.1) is 0 Å². The number of rotatable bonds is 8. The van der Waals surface area contributed by atoms with Crippen molar-refractivity contribution < 1.29 is 23.0 Å². The number of nitrogens with one attached hydrogen (secondary N) is 1. The van der Waals surface area contributed by atoms with Crippen LogP contribution in [0, 0.1) is 0 Å². The zero-order chi connectivity index (χ0) is 18.9. The zero-order valence-corrected chi connectivity index (χ0v) is 14.7. The number of anilines is 1. The SMILES string of the molecule is CCCN(Cc1ccccc1)C(=O)Nc1ccc(OC)c(OC(F)F)c1. The summed E-state index contributed by atoms with van der Waals surface area (Å²) in [6, 6.07) is 13.7. The number of urea groups is 1. The highest BCUT2D eigenvalue weighted by Gasteiger charge is 2.16. The molecule has 0 heterocycles. The standard InChI is InChI=1S/C19H22F2N2O3/c1-3-11-23(13-14-7-5-4-6-8-14)19(24)22-15-9-10-16(25-2)17(12-15)26-18(20)21/h4-10,12,18H,3,11,13H2,1-2H3,(H,22,24). The van der Waals surface area contributed by atoms with Crippen molar-refractivity contribution in [1.29, 1.82) is 0 Å². The van der Waals surface area contributed by atoms with Crippen LogP contribution in [0.15, 0.2) is 48.5 Å². The molecular weight excluding hydrogens is 342 g/mol. The van der Waals surface area contributed by atoms with Gasteiger partial charge in [0.2, 0.25) is 0 Å². The van der Waals surface area contributed by atoms with Gasteiger partial charge in [0.05, 0.1) is 7.11 Å². The average molecular weight is 364 g/mol. The first-order valence-corrected chi connectivity index (χ1v) is 8.26. The van der Waals surface area contributed by atoms with Gasteiger partial charge in [0.25, 0.3) is 0 Å². The van der Waals surface area contributed by atoms with Crippen molar-refractivity contribution in [2.75, 3.05) is 19.0 Å². The van der Waals surface area contributed by atoms with Gasteiger partial charge in [-0.05, 0) is 24.1 Å². The largest absolute Gasteiger partial charge is 0.493 e. The maximum atomic E-state index is 12.6. The van der Waals surface area contributed by atoms with Crippen LogP contribution in [0.4, 0.5) is 19.3 Å². The van der Waals surface area contributed by atoms with E-state index >= 15 is 0 Å². The highest BCUT2D eigenvalue weighted by atomic mass is 19.3. The summed E-state index contributed by atoms with van der Waals surface area (Å²) in [7, 11) is 1.36. The van der Waals surface area contributed by atoms with E-state index in [0.717, 1.165) is 12.0 Å². The Morgan fingerprint density at radius 1 is 1.15 bits per heavy atom. The minimum absolute atomic E-state index is 0.134. The maximum Gasteiger partial charge on any atom is 0.387 e. The molecule has 2 rings (SSSR count). The summed E-state index contributed by atoms with van der Waals surface area (Å²) in [4.78, 5) is 14.2. The molecule has 0 radical (unpaired) electrons. The minimum atomic E-state index is -2.98. The molecule has 0 spiro atoms. The molecule has 0 fully saturated rings. The van der Waals surface area contributed by atoms with Crippen LogP contribution in [0.3, 0.4) is 0 Å². The lowest BCUT2D eigenvalue weighted by molar-refractivity contribution is -0.0511. The third-order valence-electron chi connectivity index (χ3n) is 3.63. The van der Waals surface area contributed by atoms with E-state index in [1.165, 1.54) is 19.2 Å². The first-order chi connectivity index (χ1) is 12.5. The molecule has 2 amide bonds. The fourth-order valence-corrected chi connectivity index (χ4v) is 2.47. The lowest BCUT2D eigenvalue weighted by Gasteiger charge is -2.23. The number of hydrogen-bond donors (Lipinski definition) is 1. The molecule has 1 N–H and O–H groups in total. The minimum Gasteiger partial charge on any atom is -0.493 e. The molecule has 0 aliphatic rings. The monoisotopic (exact) mass is 364 g/mol. The van der Waals surface area contributed by atoms with Gasteiger partial charge in [-0.1, -0.05) is 37.3 Å². The van der Waals surface area contributed by atoms with E-state index in [1.807, 2.05) is 37.3 Å². The topological polar surface area (TPSA) is 50.8 Å². The Labute approximate surface area is 151 Å². The van der Waals surface area contributed by atoms with Gasteiger partial charge in [0, 0.05) is 24.8 Å². The van der Waals surface area contributed by atoms with Crippen molar-refractivity contribution in [3.63, 3.8) is 0 Å². The quantitative estimate of drug-likeness (QED) is 0.736. The van der Waals surface area contributed by atoms with Crippen LogP contribution >= 0.6 is 0 Å². The second-order valence-electron chi connectivity index (χ2n) is 5.58. The van der Waals surface area contributed by atoms with Crippen molar-refractivity contribution in [2.45, 2.75) is 26.5 Å². The van der Waals surface area contributed by atoms with E-state index < -0.39 is 6.61 Å². The summed E-state index contributed by atoms with van der Waals surface area (Å²) in [5, 5.41) is 2.72. The lowest BCUT2D eigenvalue weighted by Crippen LogP contribution is -2.35. The smallest absolute Gasteiger partial charge is 0.387 e. The molecule has 5 nitrogen and oxygen atoms in total. The Balaban J connectivity index is 2.12. The number of alkyl halides is 2. The van der Waals surface area contributed by atoms with Crippen molar-refractivity contribution >= 4 is 11.7 Å². The molecule has 0 bridgehead atoms. The molecular formula is C19H22F2N2O3. The van der Waals surface area contributed by atoms with E-state index in [1.54, 1.807) is 11.0 Å².